The Morgan fingerprint density at radius 1 is 0.440 bits per heavy atom. The van der Waals surface area contributed by atoms with Crippen molar-refractivity contribution in [2.24, 2.45) is 5.73 Å². The summed E-state index contributed by atoms with van der Waals surface area (Å²) in [7, 11) is 0. The Labute approximate surface area is 417 Å². The molecule has 0 aliphatic heterocycles. The third kappa shape index (κ3) is 16.1. The first-order valence-electron chi connectivity index (χ1n) is 23.0. The van der Waals surface area contributed by atoms with E-state index in [1.807, 2.05) is 0 Å². The van der Waals surface area contributed by atoms with E-state index in [1.54, 1.807) is 20.8 Å². The van der Waals surface area contributed by atoms with E-state index in [9.17, 15) is 93.4 Å². The molecule has 6 rings (SSSR count). The second-order valence-corrected chi connectivity index (χ2v) is 19.5. The number of nitrogens with two attached hydrogens (primary N) is 1. The van der Waals surface area contributed by atoms with Crippen LogP contribution in [0, 0.1) is 0 Å². The van der Waals surface area contributed by atoms with Gasteiger partial charge in [0.05, 0.1) is 38.9 Å². The number of nitrogens with one attached hydrogen (secondary N) is 1. The molecular formula is C51H48F18N2O4. The van der Waals surface area contributed by atoms with Gasteiger partial charge >= 0.3 is 43.2 Å². The van der Waals surface area contributed by atoms with Gasteiger partial charge in [-0.25, -0.2) is 4.79 Å². The van der Waals surface area contributed by atoms with Crippen molar-refractivity contribution >= 4 is 17.7 Å². The number of benzene rings is 4. The van der Waals surface area contributed by atoms with Gasteiger partial charge in [0.15, 0.2) is 11.6 Å². The van der Waals surface area contributed by atoms with Gasteiger partial charge in [-0.15, -0.1) is 0 Å². The molecule has 0 radical (unpaired) electrons. The molecule has 2 fully saturated rings. The van der Waals surface area contributed by atoms with Crippen molar-refractivity contribution in [2.45, 2.75) is 152 Å². The van der Waals surface area contributed by atoms with E-state index in [4.69, 9.17) is 10.5 Å². The Hall–Kier alpha value is -5.81. The van der Waals surface area contributed by atoms with Crippen LogP contribution in [0.25, 0.3) is 22.3 Å². The second kappa shape index (κ2) is 21.7. The number of alkyl carbamates (subject to hydrolysis) is 1. The topological polar surface area (TPSA) is 98.5 Å². The molecule has 0 heterocycles. The van der Waals surface area contributed by atoms with Gasteiger partial charge in [-0.2, -0.15) is 79.0 Å². The number of amides is 1. The highest BCUT2D eigenvalue weighted by atomic mass is 19.4. The summed E-state index contributed by atoms with van der Waals surface area (Å²) >= 11 is 0. The number of Topliss-reactive ketones (excluding diaryl/α,β-unsaturated/α-hetero) is 2. The maximum Gasteiger partial charge on any atom is 0.416 e. The van der Waals surface area contributed by atoms with Crippen LogP contribution in [0.1, 0.15) is 129 Å². The number of hydrogen-bond donors (Lipinski definition) is 2. The van der Waals surface area contributed by atoms with Crippen LogP contribution in [-0.4, -0.2) is 34.3 Å². The highest BCUT2D eigenvalue weighted by molar-refractivity contribution is 5.92. The third-order valence-electron chi connectivity index (χ3n) is 12.5. The van der Waals surface area contributed by atoms with Crippen LogP contribution in [0.2, 0.25) is 0 Å². The number of ketones is 2. The maximum absolute atomic E-state index is 13.7. The Morgan fingerprint density at radius 3 is 1.03 bits per heavy atom. The molecule has 6 nitrogen and oxygen atoms in total. The standard InChI is InChI=1S/C28H28F9NO3.C23H20F9NO/c1-24(2,3)41-23(40)38-25(8-4-5-9-25)22(39)7-6-16-10-17(12-19(11-16)26(29,30)31)18-13-20(27(32,33)34)15-21(14-18)28(35,36)37;24-21(25,26)16-8-13(3-4-19(34)20(33)5-1-2-6-20)7-14(9-16)15-10-17(22(27,28)29)12-18(11-15)23(30,31)32/h10-15H,4-9H2,1-3H3,(H,38,40);7-12H,1-6,33H2. The molecular weight excluding hydrogens is 1050 g/mol. The Kier molecular flexibility index (Phi) is 17.4. The van der Waals surface area contributed by atoms with Crippen molar-refractivity contribution in [2.75, 3.05) is 0 Å². The maximum atomic E-state index is 13.7. The summed E-state index contributed by atoms with van der Waals surface area (Å²) in [5, 5.41) is 2.59. The van der Waals surface area contributed by atoms with Gasteiger partial charge < -0.3 is 15.8 Å². The molecule has 75 heavy (non-hydrogen) atoms. The van der Waals surface area contributed by atoms with E-state index in [0.717, 1.165) is 31.0 Å². The van der Waals surface area contributed by atoms with Crippen LogP contribution in [0.4, 0.5) is 83.8 Å². The van der Waals surface area contributed by atoms with Gasteiger partial charge in [-0.3, -0.25) is 9.59 Å². The van der Waals surface area contributed by atoms with Crippen LogP contribution >= 0.6 is 0 Å². The van der Waals surface area contributed by atoms with Crippen LogP contribution in [-0.2, 0) is 64.2 Å². The van der Waals surface area contributed by atoms with Gasteiger partial charge in [0, 0.05) is 12.8 Å². The van der Waals surface area contributed by atoms with Gasteiger partial charge in [-0.05, 0) is 153 Å². The molecule has 0 aromatic heterocycles. The number of hydrogen-bond acceptors (Lipinski definition) is 5. The van der Waals surface area contributed by atoms with E-state index in [2.05, 4.69) is 5.32 Å². The van der Waals surface area contributed by atoms with Crippen molar-refractivity contribution in [1.29, 1.82) is 0 Å². The molecule has 24 heteroatoms. The predicted octanol–water partition coefficient (Wildman–Crippen LogP) is 15.9. The molecule has 2 aliphatic carbocycles. The number of alkyl halides is 18. The van der Waals surface area contributed by atoms with Crippen LogP contribution in [0.15, 0.2) is 72.8 Å². The van der Waals surface area contributed by atoms with Gasteiger partial charge in [-0.1, -0.05) is 37.8 Å². The highest BCUT2D eigenvalue weighted by Gasteiger charge is 2.44. The minimum absolute atomic E-state index is 0.0502. The number of halogens is 18. The summed E-state index contributed by atoms with van der Waals surface area (Å²) < 4.78 is 246. The molecule has 1 amide bonds. The summed E-state index contributed by atoms with van der Waals surface area (Å²) in [6.45, 7) is 4.88. The fourth-order valence-electron chi connectivity index (χ4n) is 8.82. The Bertz CT molecular complexity index is 2650. The van der Waals surface area contributed by atoms with Crippen molar-refractivity contribution < 1.29 is 98.1 Å². The van der Waals surface area contributed by atoms with E-state index in [0.29, 0.717) is 68.1 Å². The molecule has 0 unspecified atom stereocenters. The smallest absolute Gasteiger partial charge is 0.416 e. The summed E-state index contributed by atoms with van der Waals surface area (Å²) in [5.41, 5.74) is -8.90. The lowest BCUT2D eigenvalue weighted by atomic mass is 9.87. The predicted molar refractivity (Wildman–Crippen MR) is 236 cm³/mol. The number of ether oxygens (including phenoxy) is 1. The van der Waals surface area contributed by atoms with E-state index >= 15 is 0 Å². The van der Waals surface area contributed by atoms with Crippen LogP contribution in [0.3, 0.4) is 0 Å². The van der Waals surface area contributed by atoms with Gasteiger partial charge in [0.1, 0.15) is 11.1 Å². The first kappa shape index (κ1) is 60.1. The molecule has 0 bridgehead atoms. The monoisotopic (exact) mass is 1090 g/mol. The zero-order valence-corrected chi connectivity index (χ0v) is 39.9. The number of carbonyl (C=O) groups excluding carboxylic acids is 3. The van der Waals surface area contributed by atoms with Crippen LogP contribution < -0.4 is 11.1 Å². The van der Waals surface area contributed by atoms with E-state index in [1.165, 1.54) is 0 Å². The fraction of sp³-hybridized carbons (Fsp3) is 0.471. The zero-order chi connectivity index (χ0) is 56.5. The normalized spacial score (nSPS) is 16.3. The van der Waals surface area contributed by atoms with Crippen molar-refractivity contribution in [3.63, 3.8) is 0 Å². The number of aryl methyl sites for hydroxylation is 2. The lowest BCUT2D eigenvalue weighted by Gasteiger charge is -2.30. The molecule has 2 aliphatic rings. The molecule has 412 valence electrons. The minimum Gasteiger partial charge on any atom is -0.444 e. The second-order valence-electron chi connectivity index (χ2n) is 19.5. The first-order chi connectivity index (χ1) is 34.1. The van der Waals surface area contributed by atoms with E-state index in [-0.39, 0.29) is 67.6 Å². The number of carbonyl (C=O) groups is 3. The van der Waals surface area contributed by atoms with Gasteiger partial charge in [0.25, 0.3) is 0 Å². The lowest BCUT2D eigenvalue weighted by Crippen LogP contribution is -2.53. The first-order valence-corrected chi connectivity index (χ1v) is 23.0. The Morgan fingerprint density at radius 2 is 0.720 bits per heavy atom. The van der Waals surface area contributed by atoms with Crippen molar-refractivity contribution in [1.82, 2.24) is 5.32 Å². The summed E-state index contributed by atoms with van der Waals surface area (Å²) in [4.78, 5) is 38.1. The average Bonchev–Trinajstić information content (AvgIpc) is 3.95. The Balaban J connectivity index is 0.000000282. The summed E-state index contributed by atoms with van der Waals surface area (Å²) in [5.74, 6) is -0.819. The third-order valence-corrected chi connectivity index (χ3v) is 12.5. The molecule has 0 spiro atoms. The molecule has 4 aromatic carbocycles. The molecule has 4 aromatic rings. The molecule has 0 saturated heterocycles. The number of rotatable bonds is 11. The van der Waals surface area contributed by atoms with Crippen molar-refractivity contribution in [3.05, 3.63) is 117 Å². The van der Waals surface area contributed by atoms with E-state index < -0.39 is 121 Å². The lowest BCUT2D eigenvalue weighted by molar-refractivity contribution is -0.144. The molecule has 3 N–H and O–H groups in total. The summed E-state index contributed by atoms with van der Waals surface area (Å²) in [6, 6.07) is 5.68. The fourth-order valence-corrected chi connectivity index (χ4v) is 8.82. The highest BCUT2D eigenvalue weighted by Crippen LogP contribution is 2.43. The van der Waals surface area contributed by atoms with Crippen molar-refractivity contribution in [3.8, 4) is 22.3 Å². The molecule has 0 atom stereocenters. The van der Waals surface area contributed by atoms with Crippen LogP contribution in [0.5, 0.6) is 0 Å². The SMILES string of the molecule is CC(C)(C)OC(=O)NC1(C(=O)CCc2cc(-c3cc(C(F)(F)F)cc(C(F)(F)F)c3)cc(C(F)(F)F)c2)CCCC1.NC1(C(=O)CCc2cc(-c3cc(C(F)(F)F)cc(C(F)(F)F)c3)cc(C(F)(F)F)c2)CCCC1. The zero-order valence-electron chi connectivity index (χ0n) is 39.9. The minimum atomic E-state index is -5.19. The molecule has 2 saturated carbocycles. The average molecular weight is 1090 g/mol. The quantitative estimate of drug-likeness (QED) is 0.146. The van der Waals surface area contributed by atoms with Gasteiger partial charge in [0.2, 0.25) is 0 Å². The summed E-state index contributed by atoms with van der Waals surface area (Å²) in [6.07, 6.45) is -28.3. The largest absolute Gasteiger partial charge is 0.444 e.